The van der Waals surface area contributed by atoms with Gasteiger partial charge in [0.1, 0.15) is 36.4 Å². The first-order valence-electron chi connectivity index (χ1n) is 12.0. The summed E-state index contributed by atoms with van der Waals surface area (Å²) in [5.74, 6) is 0.742. The van der Waals surface area contributed by atoms with E-state index in [9.17, 15) is 14.4 Å². The van der Waals surface area contributed by atoms with E-state index in [0.29, 0.717) is 35.1 Å². The average Bonchev–Trinajstić information content (AvgIpc) is 2.96. The summed E-state index contributed by atoms with van der Waals surface area (Å²) in [6, 6.07) is 26.2. The third-order valence-corrected chi connectivity index (χ3v) is 6.99. The summed E-state index contributed by atoms with van der Waals surface area (Å²) in [5.41, 5.74) is 2.88. The maximum atomic E-state index is 13.2. The topological polar surface area (TPSA) is 80.6 Å². The lowest BCUT2D eigenvalue weighted by Crippen LogP contribution is -2.13. The predicted molar refractivity (Wildman–Crippen MR) is 164 cm³/mol. The second-order valence-corrected chi connectivity index (χ2v) is 10.6. The minimum atomic E-state index is -0.545. The number of halogens is 3. The van der Waals surface area contributed by atoms with Gasteiger partial charge in [0.15, 0.2) is 11.5 Å². The van der Waals surface area contributed by atoms with Gasteiger partial charge in [-0.25, -0.2) is 4.39 Å². The summed E-state index contributed by atoms with van der Waals surface area (Å²) in [6.45, 7) is 0.639. The number of carbonyl (C=O) groups is 1. The van der Waals surface area contributed by atoms with Crippen molar-refractivity contribution in [2.75, 3.05) is 12.4 Å². The Kier molecular flexibility index (Phi) is 10.2. The average molecular weight is 713 g/mol. The number of carbonyl (C=O) groups excluding carboxylic acids is 1. The Hall–Kier alpha value is -3.88. The molecule has 0 saturated carbocycles. The zero-order chi connectivity index (χ0) is 28.5. The molecule has 0 radical (unpaired) electrons. The van der Waals surface area contributed by atoms with Crippen molar-refractivity contribution < 1.29 is 23.4 Å². The first-order valence-corrected chi connectivity index (χ1v) is 13.9. The third-order valence-electron chi connectivity index (χ3n) is 5.66. The van der Waals surface area contributed by atoms with Crippen LogP contribution in [-0.2, 0) is 18.0 Å². The van der Waals surface area contributed by atoms with E-state index in [1.807, 2.05) is 30.3 Å². The van der Waals surface area contributed by atoms with E-state index in [1.54, 1.807) is 48.5 Å². The van der Waals surface area contributed by atoms with Gasteiger partial charge in [0.25, 0.3) is 5.91 Å². The molecule has 0 heterocycles. The summed E-state index contributed by atoms with van der Waals surface area (Å²) >= 11 is 5.51. The van der Waals surface area contributed by atoms with Gasteiger partial charge < -0.3 is 19.5 Å². The number of methoxy groups -OCH3 is 1. The highest BCUT2D eigenvalue weighted by Gasteiger charge is 2.14. The number of nitrogens with zero attached hydrogens (tertiary/aromatic N) is 1. The van der Waals surface area contributed by atoms with Crippen LogP contribution in [0.15, 0.2) is 95.0 Å². The Balaban J connectivity index is 1.41. The standard InChI is InChI=1S/C31H23BrFIN2O4/c1-38-29-16-22(15-28(34)30(29)40-19-21-4-8-25(33)9-5-21)14-23(17-35)31(37)36-26-10-12-27(13-11-26)39-18-20-2-6-24(32)7-3-20/h2-16H,18-19H2,1H3,(H,36,37)/b23-14+. The molecule has 4 aromatic carbocycles. The van der Waals surface area contributed by atoms with Crippen LogP contribution >= 0.6 is 38.5 Å². The van der Waals surface area contributed by atoms with Gasteiger partial charge in [-0.15, -0.1) is 0 Å². The Labute approximate surface area is 253 Å². The summed E-state index contributed by atoms with van der Waals surface area (Å²) in [4.78, 5) is 12.8. The summed E-state index contributed by atoms with van der Waals surface area (Å²) < 4.78 is 32.1. The highest BCUT2D eigenvalue weighted by atomic mass is 127. The Morgan fingerprint density at radius 1 is 0.975 bits per heavy atom. The molecule has 40 heavy (non-hydrogen) atoms. The van der Waals surface area contributed by atoms with Crippen molar-refractivity contribution >= 4 is 56.2 Å². The molecule has 4 rings (SSSR count). The molecule has 4 aromatic rings. The fourth-order valence-corrected chi connectivity index (χ4v) is 4.64. The summed E-state index contributed by atoms with van der Waals surface area (Å²) in [5, 5.41) is 12.4. The molecule has 9 heteroatoms. The lowest BCUT2D eigenvalue weighted by Gasteiger charge is -2.14. The van der Waals surface area contributed by atoms with Gasteiger partial charge in [-0.3, -0.25) is 4.79 Å². The molecule has 0 aliphatic rings. The molecule has 0 aromatic heterocycles. The Morgan fingerprint density at radius 2 is 1.60 bits per heavy atom. The highest BCUT2D eigenvalue weighted by molar-refractivity contribution is 14.1. The maximum absolute atomic E-state index is 13.2. The van der Waals surface area contributed by atoms with E-state index in [1.165, 1.54) is 25.3 Å². The third kappa shape index (κ3) is 8.07. The molecule has 0 aliphatic carbocycles. The molecular weight excluding hydrogens is 690 g/mol. The van der Waals surface area contributed by atoms with Crippen LogP contribution in [-0.4, -0.2) is 13.0 Å². The van der Waals surface area contributed by atoms with Crippen LogP contribution in [0.1, 0.15) is 16.7 Å². The van der Waals surface area contributed by atoms with E-state index in [2.05, 4.69) is 43.8 Å². The number of hydrogen-bond donors (Lipinski definition) is 1. The normalized spacial score (nSPS) is 10.9. The quantitative estimate of drug-likeness (QED) is 0.103. The number of ether oxygens (including phenoxy) is 3. The van der Waals surface area contributed by atoms with Crippen molar-refractivity contribution in [1.29, 1.82) is 5.26 Å². The van der Waals surface area contributed by atoms with Gasteiger partial charge in [-0.2, -0.15) is 5.26 Å². The minimum Gasteiger partial charge on any atom is -0.493 e. The van der Waals surface area contributed by atoms with Crippen LogP contribution in [0.5, 0.6) is 17.2 Å². The van der Waals surface area contributed by atoms with E-state index in [-0.39, 0.29) is 18.0 Å². The van der Waals surface area contributed by atoms with Gasteiger partial charge in [0.05, 0.1) is 10.7 Å². The van der Waals surface area contributed by atoms with Gasteiger partial charge in [0, 0.05) is 10.2 Å². The van der Waals surface area contributed by atoms with Gasteiger partial charge in [-0.1, -0.05) is 40.2 Å². The molecule has 0 unspecified atom stereocenters. The zero-order valence-corrected chi connectivity index (χ0v) is 25.0. The van der Waals surface area contributed by atoms with Crippen molar-refractivity contribution in [3.63, 3.8) is 0 Å². The van der Waals surface area contributed by atoms with Crippen molar-refractivity contribution in [3.8, 4) is 23.3 Å². The van der Waals surface area contributed by atoms with Crippen molar-refractivity contribution in [2.45, 2.75) is 13.2 Å². The second-order valence-electron chi connectivity index (χ2n) is 8.51. The van der Waals surface area contributed by atoms with Gasteiger partial charge in [-0.05, 0) is 106 Å². The molecule has 0 bridgehead atoms. The second kappa shape index (κ2) is 14.0. The molecule has 1 amide bonds. The number of benzene rings is 4. The van der Waals surface area contributed by atoms with Crippen molar-refractivity contribution in [1.82, 2.24) is 0 Å². The zero-order valence-electron chi connectivity index (χ0n) is 21.3. The smallest absolute Gasteiger partial charge is 0.266 e. The number of nitriles is 1. The molecular formula is C31H23BrFIN2O4. The van der Waals surface area contributed by atoms with Crippen LogP contribution in [0.2, 0.25) is 0 Å². The van der Waals surface area contributed by atoms with Gasteiger partial charge >= 0.3 is 0 Å². The van der Waals surface area contributed by atoms with Crippen LogP contribution in [0.25, 0.3) is 6.08 Å². The lowest BCUT2D eigenvalue weighted by molar-refractivity contribution is -0.112. The molecule has 0 saturated heterocycles. The fourth-order valence-electron chi connectivity index (χ4n) is 3.59. The minimum absolute atomic E-state index is 0.0756. The summed E-state index contributed by atoms with van der Waals surface area (Å²) in [6.07, 6.45) is 1.49. The molecule has 0 spiro atoms. The number of anilines is 1. The van der Waals surface area contributed by atoms with Gasteiger partial charge in [0.2, 0.25) is 0 Å². The van der Waals surface area contributed by atoms with Crippen LogP contribution in [0.4, 0.5) is 10.1 Å². The molecule has 1 N–H and O–H groups in total. The summed E-state index contributed by atoms with van der Waals surface area (Å²) in [7, 11) is 1.51. The predicted octanol–water partition coefficient (Wildman–Crippen LogP) is 7.91. The maximum Gasteiger partial charge on any atom is 0.266 e. The van der Waals surface area contributed by atoms with E-state index < -0.39 is 5.91 Å². The first-order chi connectivity index (χ1) is 19.3. The SMILES string of the molecule is COc1cc(/C=C(\C#N)C(=O)Nc2ccc(OCc3ccc(Br)cc3)cc2)cc(I)c1OCc1ccc(F)cc1. The first kappa shape index (κ1) is 29.1. The Bertz CT molecular complexity index is 1550. The number of nitrogens with one attached hydrogen (secondary N) is 1. The molecule has 0 atom stereocenters. The molecule has 6 nitrogen and oxygen atoms in total. The Morgan fingerprint density at radius 3 is 2.23 bits per heavy atom. The molecule has 0 fully saturated rings. The van der Waals surface area contributed by atoms with E-state index in [4.69, 9.17) is 14.2 Å². The number of hydrogen-bond acceptors (Lipinski definition) is 5. The fraction of sp³-hybridized carbons (Fsp3) is 0.0968. The van der Waals surface area contributed by atoms with Crippen molar-refractivity contribution in [3.05, 3.63) is 121 Å². The van der Waals surface area contributed by atoms with E-state index in [0.717, 1.165) is 19.2 Å². The molecule has 202 valence electrons. The molecule has 0 aliphatic heterocycles. The van der Waals surface area contributed by atoms with Crippen LogP contribution < -0.4 is 19.5 Å². The van der Waals surface area contributed by atoms with Crippen LogP contribution in [0.3, 0.4) is 0 Å². The van der Waals surface area contributed by atoms with E-state index >= 15 is 0 Å². The number of amides is 1. The van der Waals surface area contributed by atoms with Crippen molar-refractivity contribution in [2.24, 2.45) is 0 Å². The lowest BCUT2D eigenvalue weighted by atomic mass is 10.1. The number of rotatable bonds is 10. The van der Waals surface area contributed by atoms with Crippen LogP contribution in [0, 0.1) is 20.7 Å². The monoisotopic (exact) mass is 712 g/mol. The largest absolute Gasteiger partial charge is 0.493 e. The highest BCUT2D eigenvalue weighted by Crippen LogP contribution is 2.35.